The third-order valence-corrected chi connectivity index (χ3v) is 8.43. The molecular formula is C27H24Br2N4O3. The summed E-state index contributed by atoms with van der Waals surface area (Å²) < 4.78 is 14.2. The zero-order valence-corrected chi connectivity index (χ0v) is 23.4. The van der Waals surface area contributed by atoms with Crippen LogP contribution in [0.25, 0.3) is 11.4 Å². The summed E-state index contributed by atoms with van der Waals surface area (Å²) in [6.45, 7) is 3.79. The van der Waals surface area contributed by atoms with E-state index in [9.17, 15) is 9.59 Å². The largest absolute Gasteiger partial charge is 0.452 e. The highest BCUT2D eigenvalue weighted by atomic mass is 79.9. The number of benzene rings is 2. The topological polar surface area (TPSA) is 67.0 Å². The first-order valence-corrected chi connectivity index (χ1v) is 12.9. The van der Waals surface area contributed by atoms with Crippen LogP contribution in [0, 0.1) is 13.8 Å². The molecule has 9 heteroatoms. The summed E-state index contributed by atoms with van der Waals surface area (Å²) in [5, 5.41) is 0. The van der Waals surface area contributed by atoms with Crippen molar-refractivity contribution in [2.75, 3.05) is 0 Å². The van der Waals surface area contributed by atoms with E-state index in [2.05, 4.69) is 31.9 Å². The Labute approximate surface area is 224 Å². The van der Waals surface area contributed by atoms with Crippen LogP contribution in [-0.4, -0.2) is 18.7 Å². The maximum absolute atomic E-state index is 14.0. The van der Waals surface area contributed by atoms with Crippen LogP contribution in [0.3, 0.4) is 0 Å². The van der Waals surface area contributed by atoms with E-state index in [4.69, 9.17) is 4.42 Å². The zero-order chi connectivity index (χ0) is 25.7. The van der Waals surface area contributed by atoms with E-state index in [0.29, 0.717) is 26.0 Å². The number of nitrogens with zero attached hydrogens (tertiary/aromatic N) is 4. The molecule has 0 atom stereocenters. The van der Waals surface area contributed by atoms with Crippen LogP contribution in [0.1, 0.15) is 34.2 Å². The van der Waals surface area contributed by atoms with E-state index < -0.39 is 5.92 Å². The lowest BCUT2D eigenvalue weighted by molar-refractivity contribution is 0.479. The monoisotopic (exact) mass is 610 g/mol. The van der Waals surface area contributed by atoms with Crippen LogP contribution in [-0.2, 0) is 14.1 Å². The number of rotatable bonds is 5. The predicted molar refractivity (Wildman–Crippen MR) is 147 cm³/mol. The van der Waals surface area contributed by atoms with Gasteiger partial charge in [-0.25, -0.2) is 9.36 Å². The molecule has 0 saturated heterocycles. The van der Waals surface area contributed by atoms with Crippen LogP contribution in [0.4, 0.5) is 0 Å². The second-order valence-corrected chi connectivity index (χ2v) is 10.2. The maximum Gasteiger partial charge on any atom is 0.275 e. The van der Waals surface area contributed by atoms with Gasteiger partial charge in [-0.05, 0) is 76.0 Å². The van der Waals surface area contributed by atoms with Gasteiger partial charge in [0, 0.05) is 25.5 Å². The van der Waals surface area contributed by atoms with E-state index in [0.717, 1.165) is 22.8 Å². The number of para-hydroxylation sites is 2. The second kappa shape index (κ2) is 9.29. The van der Waals surface area contributed by atoms with Crippen molar-refractivity contribution in [3.05, 3.63) is 125 Å². The van der Waals surface area contributed by atoms with Gasteiger partial charge in [0.15, 0.2) is 4.67 Å². The van der Waals surface area contributed by atoms with Crippen LogP contribution in [0.5, 0.6) is 0 Å². The van der Waals surface area contributed by atoms with Crippen molar-refractivity contribution in [1.82, 2.24) is 18.7 Å². The van der Waals surface area contributed by atoms with E-state index in [-0.39, 0.29) is 11.1 Å². The molecule has 0 fully saturated rings. The van der Waals surface area contributed by atoms with Crippen LogP contribution < -0.4 is 11.1 Å². The summed E-state index contributed by atoms with van der Waals surface area (Å²) in [7, 11) is 3.69. The maximum atomic E-state index is 14.0. The summed E-state index contributed by atoms with van der Waals surface area (Å²) in [5.74, 6) is -0.231. The predicted octanol–water partition coefficient (Wildman–Crippen LogP) is 5.58. The third kappa shape index (κ3) is 3.77. The Morgan fingerprint density at radius 3 is 1.50 bits per heavy atom. The van der Waals surface area contributed by atoms with Crippen molar-refractivity contribution < 1.29 is 4.42 Å². The summed E-state index contributed by atoms with van der Waals surface area (Å²) in [4.78, 5) is 28.1. The van der Waals surface area contributed by atoms with Crippen LogP contribution >= 0.6 is 31.9 Å². The minimum absolute atomic E-state index is 0.205. The normalized spacial score (nSPS) is 11.5. The molecule has 3 aromatic heterocycles. The van der Waals surface area contributed by atoms with Gasteiger partial charge in [0.2, 0.25) is 0 Å². The molecule has 0 N–H and O–H groups in total. The van der Waals surface area contributed by atoms with Gasteiger partial charge in [-0.15, -0.1) is 0 Å². The summed E-state index contributed by atoms with van der Waals surface area (Å²) in [6.07, 6.45) is 0. The number of aromatic nitrogens is 4. The first-order chi connectivity index (χ1) is 17.2. The molecule has 0 unspecified atom stereocenters. The number of halogens is 2. The molecule has 0 spiro atoms. The van der Waals surface area contributed by atoms with Crippen molar-refractivity contribution in [3.8, 4) is 11.4 Å². The molecule has 3 heterocycles. The summed E-state index contributed by atoms with van der Waals surface area (Å²) in [6, 6.07) is 20.7. The Bertz CT molecular complexity index is 1570. The number of hydrogen-bond acceptors (Lipinski definition) is 3. The van der Waals surface area contributed by atoms with E-state index in [1.807, 2.05) is 104 Å². The van der Waals surface area contributed by atoms with Gasteiger partial charge in [-0.3, -0.25) is 19.0 Å². The van der Waals surface area contributed by atoms with E-state index in [1.54, 1.807) is 9.36 Å². The molecule has 184 valence electrons. The lowest BCUT2D eigenvalue weighted by atomic mass is 9.89. The fourth-order valence-corrected chi connectivity index (χ4v) is 5.39. The van der Waals surface area contributed by atoms with Crippen LogP contribution in [0.15, 0.2) is 89.9 Å². The van der Waals surface area contributed by atoms with Gasteiger partial charge in [0.05, 0.1) is 32.9 Å². The first-order valence-electron chi connectivity index (χ1n) is 11.3. The molecule has 0 aliphatic carbocycles. The highest BCUT2D eigenvalue weighted by Gasteiger charge is 2.35. The third-order valence-electron chi connectivity index (χ3n) is 6.72. The van der Waals surface area contributed by atoms with Gasteiger partial charge < -0.3 is 4.42 Å². The van der Waals surface area contributed by atoms with Gasteiger partial charge in [-0.2, -0.15) is 0 Å². The highest BCUT2D eigenvalue weighted by molar-refractivity contribution is 9.13. The van der Waals surface area contributed by atoms with Crippen molar-refractivity contribution in [1.29, 1.82) is 0 Å². The molecule has 0 aliphatic heterocycles. The van der Waals surface area contributed by atoms with E-state index in [1.165, 1.54) is 0 Å². The average molecular weight is 612 g/mol. The fourth-order valence-electron chi connectivity index (χ4n) is 4.78. The lowest BCUT2D eigenvalue weighted by Gasteiger charge is -2.13. The number of furan rings is 1. The molecule has 5 aromatic rings. The Morgan fingerprint density at radius 2 is 1.14 bits per heavy atom. The molecule has 0 radical (unpaired) electrons. The molecule has 5 rings (SSSR count). The average Bonchev–Trinajstić information content (AvgIpc) is 3.40. The summed E-state index contributed by atoms with van der Waals surface area (Å²) >= 11 is 6.92. The van der Waals surface area contributed by atoms with Crippen molar-refractivity contribution in [2.45, 2.75) is 19.8 Å². The Kier molecular flexibility index (Phi) is 6.30. The Morgan fingerprint density at radius 1 is 0.722 bits per heavy atom. The SMILES string of the molecule is Cc1c(C(c2cc(Br)c(Br)o2)c2c(C)n(C)n(-c3ccccc3)c2=O)c(=O)n(-c2ccccc2)n1C. The van der Waals surface area contributed by atoms with E-state index >= 15 is 0 Å². The highest BCUT2D eigenvalue weighted by Crippen LogP contribution is 2.38. The lowest BCUT2D eigenvalue weighted by Crippen LogP contribution is -2.26. The van der Waals surface area contributed by atoms with Gasteiger partial charge in [-0.1, -0.05) is 36.4 Å². The molecule has 7 nitrogen and oxygen atoms in total. The second-order valence-electron chi connectivity index (χ2n) is 8.65. The molecule has 2 aromatic carbocycles. The Hall–Kier alpha value is -3.30. The minimum Gasteiger partial charge on any atom is -0.452 e. The molecule has 0 amide bonds. The molecule has 0 bridgehead atoms. The van der Waals surface area contributed by atoms with Gasteiger partial charge >= 0.3 is 0 Å². The molecule has 36 heavy (non-hydrogen) atoms. The zero-order valence-electron chi connectivity index (χ0n) is 20.2. The minimum atomic E-state index is -0.722. The van der Waals surface area contributed by atoms with Gasteiger partial charge in [0.1, 0.15) is 5.76 Å². The molecule has 0 aliphatic rings. The quantitative estimate of drug-likeness (QED) is 0.261. The fraction of sp³-hybridized carbons (Fsp3) is 0.185. The Balaban J connectivity index is 1.85. The molecule has 0 saturated carbocycles. The first kappa shape index (κ1) is 24.4. The van der Waals surface area contributed by atoms with Gasteiger partial charge in [0.25, 0.3) is 11.1 Å². The number of hydrogen-bond donors (Lipinski definition) is 0. The van der Waals surface area contributed by atoms with Crippen molar-refractivity contribution in [2.24, 2.45) is 14.1 Å². The smallest absolute Gasteiger partial charge is 0.275 e. The molecular weight excluding hydrogens is 588 g/mol. The standard InChI is InChI=1S/C27H24Br2N4O3/c1-16-22(26(34)32(30(16)3)18-11-7-5-8-12-18)24(21-15-20(28)25(29)36-21)23-17(2)31(4)33(27(23)35)19-13-9-6-10-14-19/h5-15,24H,1-4H3. The summed E-state index contributed by atoms with van der Waals surface area (Å²) in [5.41, 5.74) is 3.53. The van der Waals surface area contributed by atoms with Crippen molar-refractivity contribution >= 4 is 31.9 Å². The van der Waals surface area contributed by atoms with Crippen molar-refractivity contribution in [3.63, 3.8) is 0 Å². The van der Waals surface area contributed by atoms with Crippen LogP contribution in [0.2, 0.25) is 0 Å².